The molecule has 0 atom stereocenters. The lowest BCUT2D eigenvalue weighted by molar-refractivity contribution is 0.160. The number of unbranched alkanes of at least 4 members (excludes halogenated alkanes) is 1. The predicted molar refractivity (Wildman–Crippen MR) is 131 cm³/mol. The summed E-state index contributed by atoms with van der Waals surface area (Å²) in [7, 11) is 1.66. The summed E-state index contributed by atoms with van der Waals surface area (Å²) in [4.78, 5) is 12.0. The molecule has 0 spiro atoms. The fraction of sp³-hybridized carbons (Fsp3) is 0.321. The lowest BCUT2D eigenvalue weighted by atomic mass is 9.93. The quantitative estimate of drug-likeness (QED) is 0.359. The van der Waals surface area contributed by atoms with Crippen LogP contribution in [0.25, 0.3) is 0 Å². The lowest BCUT2D eigenvalue weighted by Crippen LogP contribution is -2.14. The van der Waals surface area contributed by atoms with Crippen molar-refractivity contribution in [3.05, 3.63) is 93.8 Å². The molecule has 3 aromatic carbocycles. The summed E-state index contributed by atoms with van der Waals surface area (Å²) < 4.78 is 24.0. The van der Waals surface area contributed by atoms with Crippen molar-refractivity contribution in [3.8, 4) is 5.75 Å². The Morgan fingerprint density at radius 1 is 0.939 bits per heavy atom. The number of amides is 1. The van der Waals surface area contributed by atoms with Gasteiger partial charge in [0.2, 0.25) is 0 Å². The van der Waals surface area contributed by atoms with Crippen LogP contribution in [0.4, 0.5) is 14.9 Å². The average molecular weight is 450 g/mol. The molecule has 3 rings (SSSR count). The highest BCUT2D eigenvalue weighted by Gasteiger charge is 2.12. The van der Waals surface area contributed by atoms with Crippen molar-refractivity contribution in [2.24, 2.45) is 0 Å². The molecule has 3 aromatic rings. The molecule has 0 radical (unpaired) electrons. The van der Waals surface area contributed by atoms with E-state index < -0.39 is 6.09 Å². The van der Waals surface area contributed by atoms with Crippen molar-refractivity contribution >= 4 is 11.8 Å². The van der Waals surface area contributed by atoms with Crippen LogP contribution in [0, 0.1) is 19.7 Å². The zero-order chi connectivity index (χ0) is 23.8. The van der Waals surface area contributed by atoms with Crippen molar-refractivity contribution in [2.75, 3.05) is 19.0 Å². The summed E-state index contributed by atoms with van der Waals surface area (Å²) in [6, 6.07) is 16.7. The first-order valence-corrected chi connectivity index (χ1v) is 11.3. The van der Waals surface area contributed by atoms with Gasteiger partial charge in [-0.2, -0.15) is 0 Å². The smallest absolute Gasteiger partial charge is 0.411 e. The molecular weight excluding hydrogens is 417 g/mol. The molecule has 33 heavy (non-hydrogen) atoms. The van der Waals surface area contributed by atoms with Crippen LogP contribution in [0.3, 0.4) is 0 Å². The lowest BCUT2D eigenvalue weighted by Gasteiger charge is -2.15. The van der Waals surface area contributed by atoms with Crippen molar-refractivity contribution in [2.45, 2.75) is 46.5 Å². The molecule has 0 bridgehead atoms. The largest absolute Gasteiger partial charge is 0.496 e. The van der Waals surface area contributed by atoms with Gasteiger partial charge in [-0.1, -0.05) is 37.6 Å². The number of nitrogens with one attached hydrogen (secondary N) is 1. The number of hydrogen-bond donors (Lipinski definition) is 1. The zero-order valence-corrected chi connectivity index (χ0v) is 19.8. The molecule has 0 fully saturated rings. The average Bonchev–Trinajstić information content (AvgIpc) is 2.78. The second kappa shape index (κ2) is 11.5. The Bertz CT molecular complexity index is 1070. The van der Waals surface area contributed by atoms with E-state index in [2.05, 4.69) is 38.2 Å². The SMILES string of the molecule is CCCCOC(=O)Nc1cc(C)c(Cc2ccc(OC)c(Cc3ccc(F)cc3)c2)c(C)c1. The van der Waals surface area contributed by atoms with E-state index >= 15 is 0 Å². The van der Waals surface area contributed by atoms with Gasteiger partial charge in [-0.05, 0) is 90.4 Å². The number of carbonyl (C=O) groups excluding carboxylic acids is 1. The van der Waals surface area contributed by atoms with Crippen LogP contribution in [0.1, 0.15) is 53.1 Å². The van der Waals surface area contributed by atoms with E-state index in [1.54, 1.807) is 19.2 Å². The maximum absolute atomic E-state index is 13.3. The first-order valence-electron chi connectivity index (χ1n) is 11.3. The summed E-state index contributed by atoms with van der Waals surface area (Å²) in [6.07, 6.45) is 2.85. The van der Waals surface area contributed by atoms with Crippen molar-refractivity contribution < 1.29 is 18.7 Å². The van der Waals surface area contributed by atoms with E-state index in [0.29, 0.717) is 13.0 Å². The van der Waals surface area contributed by atoms with Crippen LogP contribution in [0.5, 0.6) is 5.75 Å². The van der Waals surface area contributed by atoms with Gasteiger partial charge in [0.05, 0.1) is 13.7 Å². The van der Waals surface area contributed by atoms with E-state index in [4.69, 9.17) is 9.47 Å². The van der Waals surface area contributed by atoms with Crippen LogP contribution < -0.4 is 10.1 Å². The minimum atomic E-state index is -0.421. The van der Waals surface area contributed by atoms with E-state index in [-0.39, 0.29) is 5.82 Å². The zero-order valence-electron chi connectivity index (χ0n) is 19.8. The highest BCUT2D eigenvalue weighted by molar-refractivity contribution is 5.85. The number of carbonyl (C=O) groups is 1. The van der Waals surface area contributed by atoms with Crippen LogP contribution >= 0.6 is 0 Å². The molecule has 4 nitrogen and oxygen atoms in total. The van der Waals surface area contributed by atoms with Crippen LogP contribution in [0.15, 0.2) is 54.6 Å². The highest BCUT2D eigenvalue weighted by atomic mass is 19.1. The standard InChI is InChI=1S/C28H32FNO3/c1-5-6-13-33-28(31)30-25-14-19(2)26(20(3)15-25)18-22-9-12-27(32-4)23(17-22)16-21-7-10-24(29)11-8-21/h7-12,14-15,17H,5-6,13,16,18H2,1-4H3,(H,30,31). The van der Waals surface area contributed by atoms with Gasteiger partial charge in [0.1, 0.15) is 11.6 Å². The van der Waals surface area contributed by atoms with Crippen LogP contribution in [0.2, 0.25) is 0 Å². The van der Waals surface area contributed by atoms with Crippen molar-refractivity contribution in [1.29, 1.82) is 0 Å². The Morgan fingerprint density at radius 3 is 2.24 bits per heavy atom. The monoisotopic (exact) mass is 449 g/mol. The first-order chi connectivity index (χ1) is 15.9. The maximum Gasteiger partial charge on any atom is 0.411 e. The second-order valence-electron chi connectivity index (χ2n) is 8.33. The number of rotatable bonds is 9. The minimum Gasteiger partial charge on any atom is -0.496 e. The van der Waals surface area contributed by atoms with Gasteiger partial charge in [0.15, 0.2) is 0 Å². The summed E-state index contributed by atoms with van der Waals surface area (Å²) >= 11 is 0. The Hall–Kier alpha value is -3.34. The number of benzene rings is 3. The number of ether oxygens (including phenoxy) is 2. The molecule has 0 saturated heterocycles. The molecular formula is C28H32FNO3. The molecule has 0 saturated carbocycles. The minimum absolute atomic E-state index is 0.238. The van der Waals surface area contributed by atoms with Gasteiger partial charge in [0.25, 0.3) is 0 Å². The van der Waals surface area contributed by atoms with Crippen LogP contribution in [-0.4, -0.2) is 19.8 Å². The molecule has 0 heterocycles. The van der Waals surface area contributed by atoms with E-state index in [9.17, 15) is 9.18 Å². The molecule has 1 N–H and O–H groups in total. The molecule has 1 amide bonds. The predicted octanol–water partition coefficient (Wildman–Crippen LogP) is 6.98. The Morgan fingerprint density at radius 2 is 1.61 bits per heavy atom. The summed E-state index contributed by atoms with van der Waals surface area (Å²) in [5, 5.41) is 2.82. The fourth-order valence-electron chi connectivity index (χ4n) is 3.91. The molecule has 5 heteroatoms. The Labute approximate surface area is 195 Å². The van der Waals surface area contributed by atoms with Gasteiger partial charge >= 0.3 is 6.09 Å². The number of aryl methyl sites for hydroxylation is 2. The number of methoxy groups -OCH3 is 1. The van der Waals surface area contributed by atoms with Gasteiger partial charge < -0.3 is 9.47 Å². The topological polar surface area (TPSA) is 47.6 Å². The number of hydrogen-bond acceptors (Lipinski definition) is 3. The third-order valence-electron chi connectivity index (χ3n) is 5.71. The molecule has 0 unspecified atom stereocenters. The van der Waals surface area contributed by atoms with Crippen LogP contribution in [-0.2, 0) is 17.6 Å². The number of anilines is 1. The van der Waals surface area contributed by atoms with E-state index in [1.807, 2.05) is 18.2 Å². The Kier molecular flexibility index (Phi) is 8.47. The molecule has 0 aromatic heterocycles. The van der Waals surface area contributed by atoms with Gasteiger partial charge in [-0.15, -0.1) is 0 Å². The third kappa shape index (κ3) is 6.82. The summed E-state index contributed by atoms with van der Waals surface area (Å²) in [5.74, 6) is 0.579. The Balaban J connectivity index is 1.77. The van der Waals surface area contributed by atoms with Crippen molar-refractivity contribution in [3.63, 3.8) is 0 Å². The third-order valence-corrected chi connectivity index (χ3v) is 5.71. The first kappa shape index (κ1) is 24.3. The van der Waals surface area contributed by atoms with E-state index in [1.165, 1.54) is 23.3 Å². The van der Waals surface area contributed by atoms with Gasteiger partial charge in [-0.25, -0.2) is 9.18 Å². The van der Waals surface area contributed by atoms with Gasteiger partial charge in [0, 0.05) is 12.1 Å². The maximum atomic E-state index is 13.3. The molecule has 0 aliphatic rings. The molecule has 0 aliphatic carbocycles. The second-order valence-corrected chi connectivity index (χ2v) is 8.33. The molecule has 0 aliphatic heterocycles. The summed E-state index contributed by atoms with van der Waals surface area (Å²) in [6.45, 7) is 6.59. The normalized spacial score (nSPS) is 10.7. The number of halogens is 1. The van der Waals surface area contributed by atoms with Crippen molar-refractivity contribution in [1.82, 2.24) is 0 Å². The van der Waals surface area contributed by atoms with Gasteiger partial charge in [-0.3, -0.25) is 5.32 Å². The van der Waals surface area contributed by atoms with E-state index in [0.717, 1.165) is 53.0 Å². The summed E-state index contributed by atoms with van der Waals surface area (Å²) in [5.41, 5.74) is 7.42. The highest BCUT2D eigenvalue weighted by Crippen LogP contribution is 2.27. The molecule has 174 valence electrons. The fourth-order valence-corrected chi connectivity index (χ4v) is 3.91.